The molecule has 0 unspecified atom stereocenters. The van der Waals surface area contributed by atoms with Crippen LogP contribution in [0.4, 0.5) is 0 Å². The fourth-order valence-corrected chi connectivity index (χ4v) is 2.84. The molecule has 0 saturated heterocycles. The molecule has 53 valence electrons. The Kier molecular flexibility index (Phi) is 3.06. The molecule has 0 spiro atoms. The molecular weight excluding hydrogens is 215 g/mol. The fraction of sp³-hybridized carbons (Fsp3) is 1.00. The first-order chi connectivity index (χ1) is 3.71. The molecule has 0 rings (SSSR count). The van der Waals surface area contributed by atoms with E-state index >= 15 is 0 Å². The van der Waals surface area contributed by atoms with E-state index in [1.807, 2.05) is 0 Å². The average Bonchev–Trinajstić information content (AvgIpc) is 1.14. The van der Waals surface area contributed by atoms with E-state index in [-0.39, 0.29) is 0 Å². The van der Waals surface area contributed by atoms with Crippen molar-refractivity contribution in [3.63, 3.8) is 0 Å². The van der Waals surface area contributed by atoms with Crippen LogP contribution in [0.25, 0.3) is 0 Å². The molecule has 3 radical (unpaired) electrons. The molecule has 0 aromatic rings. The second kappa shape index (κ2) is 2.81. The van der Waals surface area contributed by atoms with Gasteiger partial charge in [-0.05, 0) is 0 Å². The van der Waals surface area contributed by atoms with Crippen molar-refractivity contribution in [3.05, 3.63) is 0 Å². The number of hydrogen-bond acceptors (Lipinski definition) is 0. The summed E-state index contributed by atoms with van der Waals surface area (Å²) in [5, 5.41) is 0. The minimum atomic E-state index is 0.507. The maximum atomic E-state index is 2.33. The standard InChI is InChI=1S/C8H17.Sn/c1-7(2)6-8(3,4)5;/h6H2,1-5H3;. The van der Waals surface area contributed by atoms with Gasteiger partial charge in [-0.15, -0.1) is 0 Å². The number of rotatable bonds is 1. The van der Waals surface area contributed by atoms with Gasteiger partial charge in [-0.1, -0.05) is 0 Å². The maximum absolute atomic E-state index is 2.33. The van der Waals surface area contributed by atoms with Crippen LogP contribution < -0.4 is 0 Å². The van der Waals surface area contributed by atoms with Crippen LogP contribution in [0.3, 0.4) is 0 Å². The van der Waals surface area contributed by atoms with E-state index in [2.05, 4.69) is 34.6 Å². The van der Waals surface area contributed by atoms with Crippen LogP contribution in [0.5, 0.6) is 0 Å². The fourth-order valence-electron chi connectivity index (χ4n) is 1.33. The molecule has 0 N–H and O–H groups in total. The molecule has 0 aromatic carbocycles. The summed E-state index contributed by atoms with van der Waals surface area (Å²) < 4.78 is 0.574. The van der Waals surface area contributed by atoms with Gasteiger partial charge in [0, 0.05) is 0 Å². The van der Waals surface area contributed by atoms with E-state index in [1.165, 1.54) is 6.42 Å². The predicted molar refractivity (Wildman–Crippen MR) is 43.9 cm³/mol. The molecule has 0 amide bonds. The van der Waals surface area contributed by atoms with Crippen LogP contribution in [-0.2, 0) is 0 Å². The van der Waals surface area contributed by atoms with Gasteiger partial charge in [0.15, 0.2) is 0 Å². The first-order valence-corrected chi connectivity index (χ1v) is 4.88. The van der Waals surface area contributed by atoms with Crippen LogP contribution in [0.1, 0.15) is 41.0 Å². The summed E-state index contributed by atoms with van der Waals surface area (Å²) in [6, 6.07) is 0. The molecule has 1 heteroatoms. The van der Waals surface area contributed by atoms with Gasteiger partial charge in [-0.2, -0.15) is 0 Å². The zero-order chi connectivity index (χ0) is 7.71. The summed E-state index contributed by atoms with van der Waals surface area (Å²) in [5.41, 5.74) is 0.507. The van der Waals surface area contributed by atoms with E-state index in [4.69, 9.17) is 0 Å². The van der Waals surface area contributed by atoms with Crippen molar-refractivity contribution in [2.75, 3.05) is 0 Å². The van der Waals surface area contributed by atoms with E-state index in [0.717, 1.165) is 0 Å². The summed E-state index contributed by atoms with van der Waals surface area (Å²) in [7, 11) is 0. The SMILES string of the molecule is CC(C)(C)C[C](C)(C)[Sn]. The monoisotopic (exact) mass is 233 g/mol. The Morgan fingerprint density at radius 3 is 1.33 bits per heavy atom. The van der Waals surface area contributed by atoms with E-state index in [1.54, 1.807) is 22.5 Å². The first-order valence-electron chi connectivity index (χ1n) is 3.46. The van der Waals surface area contributed by atoms with Gasteiger partial charge in [-0.25, -0.2) is 0 Å². The number of hydrogen-bond donors (Lipinski definition) is 0. The Balaban J connectivity index is 3.75. The quantitative estimate of drug-likeness (QED) is 0.609. The molecule has 0 heterocycles. The summed E-state index contributed by atoms with van der Waals surface area (Å²) >= 11 is 1.65. The van der Waals surface area contributed by atoms with Crippen molar-refractivity contribution in [1.82, 2.24) is 0 Å². The van der Waals surface area contributed by atoms with Gasteiger partial charge in [0.2, 0.25) is 0 Å². The Morgan fingerprint density at radius 2 is 1.33 bits per heavy atom. The third-order valence-corrected chi connectivity index (χ3v) is 1.48. The van der Waals surface area contributed by atoms with Gasteiger partial charge >= 0.3 is 72.4 Å². The molecule has 0 nitrogen and oxygen atoms in total. The second-order valence-electron chi connectivity index (χ2n) is 4.62. The van der Waals surface area contributed by atoms with E-state index in [9.17, 15) is 0 Å². The van der Waals surface area contributed by atoms with Crippen LogP contribution in [0.15, 0.2) is 0 Å². The molecule has 0 aliphatic heterocycles. The Hall–Kier alpha value is 0.799. The topological polar surface area (TPSA) is 0 Å². The third kappa shape index (κ3) is 8.80. The summed E-state index contributed by atoms with van der Waals surface area (Å²) in [6.45, 7) is 11.6. The molecule has 0 atom stereocenters. The van der Waals surface area contributed by atoms with Gasteiger partial charge in [-0.3, -0.25) is 0 Å². The second-order valence-corrected chi connectivity index (χ2v) is 8.48. The van der Waals surface area contributed by atoms with E-state index in [0.29, 0.717) is 8.85 Å². The Morgan fingerprint density at radius 1 is 1.00 bits per heavy atom. The van der Waals surface area contributed by atoms with Crippen LogP contribution in [0.2, 0.25) is 3.43 Å². The minimum absolute atomic E-state index is 0.507. The normalized spacial score (nSPS) is 14.0. The van der Waals surface area contributed by atoms with Crippen molar-refractivity contribution in [3.8, 4) is 0 Å². The summed E-state index contributed by atoms with van der Waals surface area (Å²) in [6.07, 6.45) is 1.33. The van der Waals surface area contributed by atoms with Crippen LogP contribution >= 0.6 is 0 Å². The van der Waals surface area contributed by atoms with Gasteiger partial charge in [0.1, 0.15) is 0 Å². The summed E-state index contributed by atoms with van der Waals surface area (Å²) in [5.74, 6) is 0. The van der Waals surface area contributed by atoms with E-state index < -0.39 is 0 Å². The Labute approximate surface area is 72.5 Å². The van der Waals surface area contributed by atoms with Crippen molar-refractivity contribution in [1.29, 1.82) is 0 Å². The third-order valence-electron chi connectivity index (χ3n) is 0.972. The molecular formula is C8H17Sn. The average molecular weight is 232 g/mol. The zero-order valence-corrected chi connectivity index (χ0v) is 10.1. The summed E-state index contributed by atoms with van der Waals surface area (Å²) in [4.78, 5) is 0. The predicted octanol–water partition coefficient (Wildman–Crippen LogP) is 2.79. The van der Waals surface area contributed by atoms with Crippen LogP contribution in [0, 0.1) is 5.41 Å². The molecule has 0 saturated carbocycles. The molecule has 0 aliphatic carbocycles. The Bertz CT molecular complexity index is 69.7. The van der Waals surface area contributed by atoms with Crippen molar-refractivity contribution in [2.45, 2.75) is 44.5 Å². The van der Waals surface area contributed by atoms with Crippen LogP contribution in [-0.4, -0.2) is 22.5 Å². The zero-order valence-electron chi connectivity index (χ0n) is 7.21. The molecule has 0 fully saturated rings. The van der Waals surface area contributed by atoms with Gasteiger partial charge < -0.3 is 0 Å². The van der Waals surface area contributed by atoms with Gasteiger partial charge in [0.05, 0.1) is 0 Å². The van der Waals surface area contributed by atoms with Crippen molar-refractivity contribution >= 4 is 22.5 Å². The van der Waals surface area contributed by atoms with Gasteiger partial charge in [0.25, 0.3) is 0 Å². The molecule has 0 aromatic heterocycles. The molecule has 0 aliphatic rings. The molecule has 0 bridgehead atoms. The first kappa shape index (κ1) is 9.80. The molecule has 9 heavy (non-hydrogen) atoms. The van der Waals surface area contributed by atoms with Crippen molar-refractivity contribution < 1.29 is 0 Å². The van der Waals surface area contributed by atoms with Crippen molar-refractivity contribution in [2.24, 2.45) is 5.41 Å².